The number of amides is 2. The number of piperidine rings is 1. The minimum Gasteiger partial charge on any atom is -0.355 e. The maximum absolute atomic E-state index is 12.9. The number of pyridine rings is 1. The highest BCUT2D eigenvalue weighted by molar-refractivity contribution is 7.90. The number of sulfone groups is 1. The summed E-state index contributed by atoms with van der Waals surface area (Å²) in [7, 11) is -3.55. The maximum atomic E-state index is 12.9. The average Bonchev–Trinajstić information content (AvgIpc) is 2.89. The molecule has 2 heterocycles. The summed E-state index contributed by atoms with van der Waals surface area (Å²) >= 11 is 18.3. The van der Waals surface area contributed by atoms with Crippen molar-refractivity contribution < 1.29 is 18.0 Å². The van der Waals surface area contributed by atoms with Crippen LogP contribution in [0.25, 0.3) is 0 Å². The zero-order valence-electron chi connectivity index (χ0n) is 21.1. The van der Waals surface area contributed by atoms with Gasteiger partial charge in [0.2, 0.25) is 5.91 Å². The van der Waals surface area contributed by atoms with E-state index in [4.69, 9.17) is 34.8 Å². The molecule has 0 spiro atoms. The quantitative estimate of drug-likeness (QED) is 0.343. The Labute approximate surface area is 242 Å². The molecule has 39 heavy (non-hydrogen) atoms. The molecule has 0 saturated carbocycles. The van der Waals surface area contributed by atoms with E-state index in [-0.39, 0.29) is 22.4 Å². The molecule has 0 aliphatic carbocycles. The van der Waals surface area contributed by atoms with Crippen LogP contribution in [-0.4, -0.2) is 44.6 Å². The maximum Gasteiger partial charge on any atom is 0.255 e. The van der Waals surface area contributed by atoms with Gasteiger partial charge in [0.05, 0.1) is 20.6 Å². The van der Waals surface area contributed by atoms with E-state index in [1.807, 2.05) is 11.0 Å². The minimum absolute atomic E-state index is 0.000918. The van der Waals surface area contributed by atoms with Crippen LogP contribution in [0.3, 0.4) is 0 Å². The Hall–Kier alpha value is -2.85. The number of nitrogens with one attached hydrogen (secondary N) is 2. The van der Waals surface area contributed by atoms with Gasteiger partial charge in [-0.1, -0.05) is 53.0 Å². The summed E-state index contributed by atoms with van der Waals surface area (Å²) in [6.07, 6.45) is 4.19. The molecular formula is C27H27Cl3N4O4S. The first-order valence-electron chi connectivity index (χ1n) is 12.2. The van der Waals surface area contributed by atoms with Gasteiger partial charge in [-0.2, -0.15) is 0 Å². The largest absolute Gasteiger partial charge is 0.355 e. The fourth-order valence-corrected chi connectivity index (χ4v) is 5.52. The molecule has 2 N–H and O–H groups in total. The van der Waals surface area contributed by atoms with Gasteiger partial charge in [0, 0.05) is 49.1 Å². The molecule has 0 atom stereocenters. The van der Waals surface area contributed by atoms with E-state index in [9.17, 15) is 18.0 Å². The Bertz CT molecular complexity index is 1490. The van der Waals surface area contributed by atoms with Crippen LogP contribution < -0.4 is 15.5 Å². The summed E-state index contributed by atoms with van der Waals surface area (Å²) in [5.41, 5.74) is 1.38. The number of nitrogens with zero attached hydrogens (tertiary/aromatic N) is 2. The molecule has 0 radical (unpaired) electrons. The molecule has 2 amide bonds. The summed E-state index contributed by atoms with van der Waals surface area (Å²) in [5.74, 6) is 0.124. The van der Waals surface area contributed by atoms with Gasteiger partial charge in [-0.25, -0.2) is 13.4 Å². The summed E-state index contributed by atoms with van der Waals surface area (Å²) in [5, 5.41) is 6.99. The third-order valence-corrected chi connectivity index (χ3v) is 8.67. The van der Waals surface area contributed by atoms with E-state index in [0.717, 1.165) is 24.7 Å². The van der Waals surface area contributed by atoms with Gasteiger partial charge in [0.15, 0.2) is 15.7 Å². The first-order chi connectivity index (χ1) is 18.5. The molecule has 0 unspecified atom stereocenters. The van der Waals surface area contributed by atoms with E-state index in [0.29, 0.717) is 52.5 Å². The fraction of sp³-hybridized carbons (Fsp3) is 0.296. The van der Waals surface area contributed by atoms with Crippen molar-refractivity contribution in [1.82, 2.24) is 10.3 Å². The summed E-state index contributed by atoms with van der Waals surface area (Å²) in [6.45, 7) is 1.47. The summed E-state index contributed by atoms with van der Waals surface area (Å²) < 4.78 is 24.3. The predicted octanol–water partition coefficient (Wildman–Crippen LogP) is 5.62. The molecule has 0 bridgehead atoms. The van der Waals surface area contributed by atoms with E-state index in [1.165, 1.54) is 18.3 Å². The van der Waals surface area contributed by atoms with Gasteiger partial charge in [-0.3, -0.25) is 9.59 Å². The topological polar surface area (TPSA) is 108 Å². The van der Waals surface area contributed by atoms with E-state index >= 15 is 0 Å². The third-order valence-electron chi connectivity index (χ3n) is 6.50. The second kappa shape index (κ2) is 12.6. The lowest BCUT2D eigenvalue weighted by molar-refractivity contribution is -0.122. The molecule has 1 aromatic heterocycles. The molecule has 1 fully saturated rings. The van der Waals surface area contributed by atoms with Crippen molar-refractivity contribution in [2.24, 2.45) is 5.92 Å². The zero-order valence-corrected chi connectivity index (χ0v) is 24.2. The second-order valence-electron chi connectivity index (χ2n) is 9.40. The highest BCUT2D eigenvalue weighted by atomic mass is 35.5. The van der Waals surface area contributed by atoms with Crippen LogP contribution in [0.1, 0.15) is 35.2 Å². The number of anilines is 2. The number of halogens is 3. The van der Waals surface area contributed by atoms with Crippen LogP contribution in [-0.2, 0) is 21.2 Å². The molecule has 1 saturated heterocycles. The van der Waals surface area contributed by atoms with E-state index in [2.05, 4.69) is 15.6 Å². The van der Waals surface area contributed by atoms with Crippen LogP contribution in [0.15, 0.2) is 59.6 Å². The Kier molecular flexibility index (Phi) is 9.38. The average molecular weight is 610 g/mol. The summed E-state index contributed by atoms with van der Waals surface area (Å²) in [6, 6.07) is 13.2. The number of aromatic nitrogens is 1. The minimum atomic E-state index is -3.55. The summed E-state index contributed by atoms with van der Waals surface area (Å²) in [4.78, 5) is 31.9. The molecular weight excluding hydrogens is 583 g/mol. The van der Waals surface area contributed by atoms with Crippen molar-refractivity contribution in [2.75, 3.05) is 29.6 Å². The van der Waals surface area contributed by atoms with Crippen LogP contribution in [0.5, 0.6) is 0 Å². The van der Waals surface area contributed by atoms with Crippen molar-refractivity contribution in [2.45, 2.75) is 30.7 Å². The monoisotopic (exact) mass is 608 g/mol. The third kappa shape index (κ3) is 7.63. The predicted molar refractivity (Wildman–Crippen MR) is 155 cm³/mol. The first kappa shape index (κ1) is 29.1. The molecule has 1 aliphatic rings. The number of hydrogen-bond acceptors (Lipinski definition) is 6. The first-order valence-corrected chi connectivity index (χ1v) is 15.3. The molecule has 12 heteroatoms. The number of rotatable bonds is 8. The van der Waals surface area contributed by atoms with Crippen LogP contribution in [0, 0.1) is 5.92 Å². The molecule has 206 valence electrons. The van der Waals surface area contributed by atoms with Crippen molar-refractivity contribution in [3.8, 4) is 0 Å². The van der Waals surface area contributed by atoms with Crippen molar-refractivity contribution in [3.05, 3.63) is 80.9 Å². The zero-order chi connectivity index (χ0) is 28.2. The Balaban J connectivity index is 1.41. The Morgan fingerprint density at radius 1 is 1.05 bits per heavy atom. The lowest BCUT2D eigenvalue weighted by atomic mass is 9.93. The number of carbonyl (C=O) groups is 2. The highest BCUT2D eigenvalue weighted by Gasteiger charge is 2.25. The van der Waals surface area contributed by atoms with E-state index in [1.54, 1.807) is 30.3 Å². The fourth-order valence-electron chi connectivity index (χ4n) is 4.37. The molecule has 3 aromatic rings. The lowest BCUT2D eigenvalue weighted by Gasteiger charge is -2.33. The lowest BCUT2D eigenvalue weighted by Crippen LogP contribution is -2.37. The van der Waals surface area contributed by atoms with Gasteiger partial charge in [-0.15, -0.1) is 0 Å². The molecule has 8 nitrogen and oxygen atoms in total. The van der Waals surface area contributed by atoms with Crippen LogP contribution in [0.2, 0.25) is 15.1 Å². The van der Waals surface area contributed by atoms with Crippen LogP contribution in [0.4, 0.5) is 11.5 Å². The Morgan fingerprint density at radius 2 is 1.77 bits per heavy atom. The van der Waals surface area contributed by atoms with Crippen molar-refractivity contribution in [1.29, 1.82) is 0 Å². The van der Waals surface area contributed by atoms with Gasteiger partial charge in [-0.05, 0) is 54.7 Å². The molecule has 2 aromatic carbocycles. The molecule has 4 rings (SSSR count). The smallest absolute Gasteiger partial charge is 0.255 e. The van der Waals surface area contributed by atoms with Gasteiger partial charge < -0.3 is 15.5 Å². The second-order valence-corrected chi connectivity index (χ2v) is 12.6. The highest BCUT2D eigenvalue weighted by Crippen LogP contribution is 2.31. The van der Waals surface area contributed by atoms with E-state index < -0.39 is 15.7 Å². The van der Waals surface area contributed by atoms with Crippen LogP contribution >= 0.6 is 34.8 Å². The number of benzene rings is 2. The standard InChI is InChI=1S/C27H27Cl3N4O4S/c1-39(37,38)21-14-23(33-27(36)18-4-2-6-20(28)13-18)26(32-16-21)34-10-8-17(9-11-34)12-24(35)31-15-19-5-3-7-22(29)25(19)30/h2-7,13-14,16-17H,8-12,15H2,1H3,(H,31,35)(H,33,36). The SMILES string of the molecule is CS(=O)(=O)c1cnc(N2CCC(CC(=O)NCc3cccc(Cl)c3Cl)CC2)c(NC(=O)c2cccc(Cl)c2)c1. The normalized spacial score (nSPS) is 14.2. The number of carbonyl (C=O) groups excluding carboxylic acids is 2. The van der Waals surface area contributed by atoms with Gasteiger partial charge >= 0.3 is 0 Å². The van der Waals surface area contributed by atoms with Crippen molar-refractivity contribution in [3.63, 3.8) is 0 Å². The van der Waals surface area contributed by atoms with Gasteiger partial charge in [0.1, 0.15) is 0 Å². The Morgan fingerprint density at radius 3 is 2.46 bits per heavy atom. The molecule has 1 aliphatic heterocycles. The number of hydrogen-bond donors (Lipinski definition) is 2. The van der Waals surface area contributed by atoms with Gasteiger partial charge in [0.25, 0.3) is 5.91 Å². The van der Waals surface area contributed by atoms with Crippen molar-refractivity contribution >= 4 is 68.0 Å².